The van der Waals surface area contributed by atoms with E-state index in [4.69, 9.17) is 16.3 Å². The highest BCUT2D eigenvalue weighted by molar-refractivity contribution is 6.30. The summed E-state index contributed by atoms with van der Waals surface area (Å²) in [7, 11) is 4.05. The minimum absolute atomic E-state index is 0.148. The van der Waals surface area contributed by atoms with Gasteiger partial charge < -0.3 is 15.0 Å². The lowest BCUT2D eigenvalue weighted by Gasteiger charge is -2.15. The Morgan fingerprint density at radius 1 is 1.11 bits per heavy atom. The van der Waals surface area contributed by atoms with Gasteiger partial charge in [-0.2, -0.15) is 0 Å². The molecule has 2 aromatic rings. The van der Waals surface area contributed by atoms with Crippen LogP contribution in [0.1, 0.15) is 11.8 Å². The molecule has 3 nitrogen and oxygen atoms in total. The zero-order chi connectivity index (χ0) is 13.4. The van der Waals surface area contributed by atoms with Crippen LogP contribution in [0, 0.1) is 0 Å². The van der Waals surface area contributed by atoms with Gasteiger partial charge in [-0.25, -0.2) is 0 Å². The van der Waals surface area contributed by atoms with Crippen molar-refractivity contribution in [3.63, 3.8) is 0 Å². The number of hydrogen-bond donors (Lipinski definition) is 1. The molecule has 0 radical (unpaired) electrons. The number of hydrogen-bond acceptors (Lipinski definition) is 3. The SMILES string of the molecule is CN(C)c1ccc([C@@H]2Nc3cc(Cl)ccc3O2)cc1. The second-order valence-electron chi connectivity index (χ2n) is 4.77. The van der Waals surface area contributed by atoms with Gasteiger partial charge in [-0.1, -0.05) is 23.7 Å². The number of benzene rings is 2. The van der Waals surface area contributed by atoms with Crippen LogP contribution in [0.15, 0.2) is 42.5 Å². The smallest absolute Gasteiger partial charge is 0.196 e. The summed E-state index contributed by atoms with van der Waals surface area (Å²) in [5.74, 6) is 0.839. The lowest BCUT2D eigenvalue weighted by molar-refractivity contribution is 0.260. The number of fused-ring (bicyclic) bond motifs is 1. The Morgan fingerprint density at radius 3 is 2.53 bits per heavy atom. The fourth-order valence-corrected chi connectivity index (χ4v) is 2.29. The van der Waals surface area contributed by atoms with Crippen LogP contribution in [0.4, 0.5) is 11.4 Å². The van der Waals surface area contributed by atoms with Crippen LogP contribution in [-0.2, 0) is 0 Å². The van der Waals surface area contributed by atoms with Crippen molar-refractivity contribution >= 4 is 23.0 Å². The van der Waals surface area contributed by atoms with Gasteiger partial charge in [0.25, 0.3) is 0 Å². The molecule has 0 aromatic heterocycles. The van der Waals surface area contributed by atoms with E-state index in [9.17, 15) is 0 Å². The molecule has 2 aromatic carbocycles. The maximum absolute atomic E-state index is 5.97. The zero-order valence-corrected chi connectivity index (χ0v) is 11.6. The Kier molecular flexibility index (Phi) is 2.99. The van der Waals surface area contributed by atoms with E-state index in [-0.39, 0.29) is 6.23 Å². The molecule has 0 spiro atoms. The summed E-state index contributed by atoms with van der Waals surface area (Å²) < 4.78 is 5.86. The molecular weight excluding hydrogens is 260 g/mol. The largest absolute Gasteiger partial charge is 0.464 e. The van der Waals surface area contributed by atoms with Crippen molar-refractivity contribution < 1.29 is 4.74 Å². The highest BCUT2D eigenvalue weighted by Gasteiger charge is 2.23. The van der Waals surface area contributed by atoms with Gasteiger partial charge in [0.2, 0.25) is 0 Å². The monoisotopic (exact) mass is 274 g/mol. The Hall–Kier alpha value is -1.87. The molecule has 3 rings (SSSR count). The van der Waals surface area contributed by atoms with Gasteiger partial charge in [-0.3, -0.25) is 0 Å². The maximum atomic E-state index is 5.97. The molecule has 1 atom stereocenters. The fraction of sp³-hybridized carbons (Fsp3) is 0.200. The Balaban J connectivity index is 1.82. The van der Waals surface area contributed by atoms with Crippen molar-refractivity contribution in [2.75, 3.05) is 24.3 Å². The maximum Gasteiger partial charge on any atom is 0.196 e. The van der Waals surface area contributed by atoms with Crippen LogP contribution in [0.25, 0.3) is 0 Å². The van der Waals surface area contributed by atoms with E-state index in [0.29, 0.717) is 5.02 Å². The lowest BCUT2D eigenvalue weighted by atomic mass is 10.2. The van der Waals surface area contributed by atoms with Crippen molar-refractivity contribution in [3.8, 4) is 5.75 Å². The average Bonchev–Trinajstić information content (AvgIpc) is 2.81. The topological polar surface area (TPSA) is 24.5 Å². The predicted molar refractivity (Wildman–Crippen MR) is 79.2 cm³/mol. The van der Waals surface area contributed by atoms with Gasteiger partial charge in [-0.05, 0) is 30.3 Å². The van der Waals surface area contributed by atoms with E-state index >= 15 is 0 Å². The predicted octanol–water partition coefficient (Wildman–Crippen LogP) is 3.91. The lowest BCUT2D eigenvalue weighted by Crippen LogP contribution is -2.11. The van der Waals surface area contributed by atoms with Crippen molar-refractivity contribution in [2.24, 2.45) is 0 Å². The van der Waals surface area contributed by atoms with Crippen LogP contribution in [0.2, 0.25) is 5.02 Å². The molecule has 0 bridgehead atoms. The second-order valence-corrected chi connectivity index (χ2v) is 5.21. The molecule has 19 heavy (non-hydrogen) atoms. The number of anilines is 2. The minimum Gasteiger partial charge on any atom is -0.464 e. The van der Waals surface area contributed by atoms with E-state index in [0.717, 1.165) is 17.0 Å². The highest BCUT2D eigenvalue weighted by Crippen LogP contribution is 2.39. The first-order valence-corrected chi connectivity index (χ1v) is 6.51. The third-order valence-electron chi connectivity index (χ3n) is 3.19. The van der Waals surface area contributed by atoms with Gasteiger partial charge in [0.1, 0.15) is 5.75 Å². The summed E-state index contributed by atoms with van der Waals surface area (Å²) in [6.07, 6.45) is -0.148. The van der Waals surface area contributed by atoms with Crippen molar-refractivity contribution in [3.05, 3.63) is 53.1 Å². The fourth-order valence-electron chi connectivity index (χ4n) is 2.11. The third-order valence-corrected chi connectivity index (χ3v) is 3.42. The van der Waals surface area contributed by atoms with E-state index < -0.39 is 0 Å². The average molecular weight is 275 g/mol. The summed E-state index contributed by atoms with van der Waals surface area (Å²) in [5, 5.41) is 4.03. The van der Waals surface area contributed by atoms with Crippen LogP contribution in [-0.4, -0.2) is 14.1 Å². The summed E-state index contributed by atoms with van der Waals surface area (Å²) in [6.45, 7) is 0. The van der Waals surface area contributed by atoms with Gasteiger partial charge in [0, 0.05) is 30.4 Å². The zero-order valence-electron chi connectivity index (χ0n) is 10.9. The van der Waals surface area contributed by atoms with Crippen molar-refractivity contribution in [2.45, 2.75) is 6.23 Å². The Bertz CT molecular complexity index is 596. The molecule has 0 saturated heterocycles. The van der Waals surface area contributed by atoms with Crippen LogP contribution >= 0.6 is 11.6 Å². The Morgan fingerprint density at radius 2 is 1.84 bits per heavy atom. The molecule has 98 valence electrons. The molecule has 1 N–H and O–H groups in total. The first-order valence-electron chi connectivity index (χ1n) is 6.13. The first kappa shape index (κ1) is 12.2. The van der Waals surface area contributed by atoms with Crippen LogP contribution in [0.5, 0.6) is 5.75 Å². The summed E-state index contributed by atoms with van der Waals surface area (Å²) in [4.78, 5) is 2.07. The molecule has 0 fully saturated rings. The third kappa shape index (κ3) is 2.34. The molecule has 0 saturated carbocycles. The van der Waals surface area contributed by atoms with E-state index in [1.807, 2.05) is 32.3 Å². The van der Waals surface area contributed by atoms with E-state index in [1.54, 1.807) is 0 Å². The summed E-state index contributed by atoms with van der Waals surface area (Å²) in [6, 6.07) is 13.9. The number of nitrogens with zero attached hydrogens (tertiary/aromatic N) is 1. The molecule has 1 aliphatic rings. The van der Waals surface area contributed by atoms with E-state index in [1.165, 1.54) is 5.69 Å². The summed E-state index contributed by atoms with van der Waals surface area (Å²) in [5.41, 5.74) is 3.20. The molecule has 4 heteroatoms. The van der Waals surface area contributed by atoms with Gasteiger partial charge in [0.15, 0.2) is 6.23 Å². The molecule has 1 aliphatic heterocycles. The normalized spacial score (nSPS) is 16.5. The highest BCUT2D eigenvalue weighted by atomic mass is 35.5. The second kappa shape index (κ2) is 4.67. The molecule has 0 amide bonds. The van der Waals surface area contributed by atoms with Crippen molar-refractivity contribution in [1.29, 1.82) is 0 Å². The number of rotatable bonds is 2. The van der Waals surface area contributed by atoms with Gasteiger partial charge in [-0.15, -0.1) is 0 Å². The molecule has 1 heterocycles. The quantitative estimate of drug-likeness (QED) is 0.899. The van der Waals surface area contributed by atoms with E-state index in [2.05, 4.69) is 34.5 Å². The standard InChI is InChI=1S/C15H15ClN2O/c1-18(2)12-6-3-10(4-7-12)15-17-13-9-11(16)5-8-14(13)19-15/h3-9,15,17H,1-2H3/t15-/m1/s1. The minimum atomic E-state index is -0.148. The number of ether oxygens (including phenoxy) is 1. The molecule has 0 aliphatic carbocycles. The van der Waals surface area contributed by atoms with Gasteiger partial charge >= 0.3 is 0 Å². The Labute approximate surface area is 117 Å². The number of halogens is 1. The molecular formula is C15H15ClN2O. The molecule has 0 unspecified atom stereocenters. The number of nitrogens with one attached hydrogen (secondary N) is 1. The van der Waals surface area contributed by atoms with Crippen molar-refractivity contribution in [1.82, 2.24) is 0 Å². The first-order chi connectivity index (χ1) is 9.13. The van der Waals surface area contributed by atoms with Crippen LogP contribution in [0.3, 0.4) is 0 Å². The summed E-state index contributed by atoms with van der Waals surface area (Å²) >= 11 is 5.97. The van der Waals surface area contributed by atoms with Crippen LogP contribution < -0.4 is 15.0 Å². The van der Waals surface area contributed by atoms with Gasteiger partial charge in [0.05, 0.1) is 5.69 Å².